The predicted molar refractivity (Wildman–Crippen MR) is 104 cm³/mol. The van der Waals surface area contributed by atoms with Crippen LogP contribution in [0.5, 0.6) is 5.75 Å². The minimum Gasteiger partial charge on any atom is -0.406 e. The van der Waals surface area contributed by atoms with Crippen LogP contribution in [0.3, 0.4) is 0 Å². The zero-order valence-electron chi connectivity index (χ0n) is 13.5. The minimum absolute atomic E-state index is 0. The van der Waals surface area contributed by atoms with Crippen LogP contribution in [0.2, 0.25) is 0 Å². The number of fused-ring (bicyclic) bond motifs is 3. The van der Waals surface area contributed by atoms with E-state index in [4.69, 9.17) is 5.73 Å². The molecule has 2 aromatic rings. The molecule has 138 valence electrons. The Morgan fingerprint density at radius 2 is 1.92 bits per heavy atom. The van der Waals surface area contributed by atoms with Gasteiger partial charge in [-0.3, -0.25) is 0 Å². The van der Waals surface area contributed by atoms with Crippen molar-refractivity contribution in [2.45, 2.75) is 24.7 Å². The zero-order valence-corrected chi connectivity index (χ0v) is 15.9. The number of halogens is 4. The van der Waals surface area contributed by atoms with Crippen LogP contribution in [-0.2, 0) is 6.42 Å². The van der Waals surface area contributed by atoms with Gasteiger partial charge >= 0.3 is 6.36 Å². The highest BCUT2D eigenvalue weighted by atomic mass is 127. The van der Waals surface area contributed by atoms with Gasteiger partial charge in [-0.25, -0.2) is 4.99 Å². The molecule has 8 heteroatoms. The van der Waals surface area contributed by atoms with E-state index in [0.29, 0.717) is 17.5 Å². The third-order valence-electron chi connectivity index (χ3n) is 4.63. The molecule has 26 heavy (non-hydrogen) atoms. The van der Waals surface area contributed by atoms with Crippen molar-refractivity contribution in [1.82, 2.24) is 0 Å². The zero-order chi connectivity index (χ0) is 17.6. The number of rotatable bonds is 3. The number of guanidine groups is 1. The van der Waals surface area contributed by atoms with E-state index < -0.39 is 6.36 Å². The lowest BCUT2D eigenvalue weighted by molar-refractivity contribution is -0.274. The van der Waals surface area contributed by atoms with E-state index in [1.165, 1.54) is 29.3 Å². The Kier molecular flexibility index (Phi) is 5.05. The van der Waals surface area contributed by atoms with E-state index in [0.717, 1.165) is 6.42 Å². The maximum atomic E-state index is 12.3. The van der Waals surface area contributed by atoms with Gasteiger partial charge in [0, 0.05) is 17.7 Å². The summed E-state index contributed by atoms with van der Waals surface area (Å²) in [6, 6.07) is 14.0. The molecule has 0 saturated heterocycles. The smallest absolute Gasteiger partial charge is 0.406 e. The van der Waals surface area contributed by atoms with E-state index in [2.05, 4.69) is 27.2 Å². The average molecular weight is 475 g/mol. The van der Waals surface area contributed by atoms with E-state index in [1.807, 2.05) is 12.1 Å². The van der Waals surface area contributed by atoms with Crippen LogP contribution in [0, 0.1) is 5.92 Å². The van der Waals surface area contributed by atoms with Gasteiger partial charge in [0.15, 0.2) is 5.96 Å². The first-order valence-corrected chi connectivity index (χ1v) is 7.94. The lowest BCUT2D eigenvalue weighted by Gasteiger charge is -2.11. The number of ether oxygens (including phenoxy) is 1. The summed E-state index contributed by atoms with van der Waals surface area (Å²) >= 11 is 0. The molecule has 3 unspecified atom stereocenters. The van der Waals surface area contributed by atoms with Gasteiger partial charge in [0.05, 0.1) is 6.04 Å². The van der Waals surface area contributed by atoms with Crippen molar-refractivity contribution in [2.24, 2.45) is 16.6 Å². The van der Waals surface area contributed by atoms with Crippen molar-refractivity contribution in [3.8, 4) is 5.75 Å². The first-order chi connectivity index (χ1) is 11.9. The predicted octanol–water partition coefficient (Wildman–Crippen LogP) is 4.27. The standard InChI is InChI=1S/C18H16F3N3O.HI/c19-18(20,21)25-12-6-3-5-11(9-12)23-17(22)24-16-14-8-10-4-1-2-7-13(10)15(14)16;/h1-7,9,14-16H,8H2,(H3,22,23,24);1H. The Labute approximate surface area is 165 Å². The second-order valence-corrected chi connectivity index (χ2v) is 6.30. The molecular formula is C18H17F3IN3O. The fraction of sp³-hybridized carbons (Fsp3) is 0.278. The van der Waals surface area contributed by atoms with Gasteiger partial charge in [0.2, 0.25) is 0 Å². The summed E-state index contributed by atoms with van der Waals surface area (Å²) in [6.07, 6.45) is -3.73. The third-order valence-corrected chi connectivity index (χ3v) is 4.63. The van der Waals surface area contributed by atoms with Crippen LogP contribution in [0.1, 0.15) is 17.0 Å². The van der Waals surface area contributed by atoms with Gasteiger partial charge in [-0.15, -0.1) is 37.1 Å². The Hall–Kier alpha value is -1.97. The molecule has 0 aliphatic heterocycles. The van der Waals surface area contributed by atoms with Crippen molar-refractivity contribution in [1.29, 1.82) is 0 Å². The van der Waals surface area contributed by atoms with Crippen molar-refractivity contribution in [3.63, 3.8) is 0 Å². The minimum atomic E-state index is -4.73. The van der Waals surface area contributed by atoms with Crippen LogP contribution in [0.15, 0.2) is 53.5 Å². The highest BCUT2D eigenvalue weighted by Gasteiger charge is 2.55. The van der Waals surface area contributed by atoms with Gasteiger partial charge in [0.25, 0.3) is 0 Å². The molecule has 0 amide bonds. The molecule has 0 bridgehead atoms. The topological polar surface area (TPSA) is 59.6 Å². The molecule has 2 aliphatic rings. The van der Waals surface area contributed by atoms with Gasteiger partial charge in [0.1, 0.15) is 5.75 Å². The fourth-order valence-electron chi connectivity index (χ4n) is 3.61. The molecule has 0 radical (unpaired) electrons. The average Bonchev–Trinajstić information content (AvgIpc) is 3.02. The van der Waals surface area contributed by atoms with Crippen LogP contribution >= 0.6 is 24.0 Å². The van der Waals surface area contributed by atoms with E-state index in [1.54, 1.807) is 6.07 Å². The Bertz CT molecular complexity index is 840. The van der Waals surface area contributed by atoms with Gasteiger partial charge < -0.3 is 15.8 Å². The van der Waals surface area contributed by atoms with E-state index in [9.17, 15) is 13.2 Å². The molecule has 0 heterocycles. The van der Waals surface area contributed by atoms with Gasteiger partial charge in [-0.05, 0) is 35.6 Å². The van der Waals surface area contributed by atoms with Gasteiger partial charge in [-0.1, -0.05) is 30.3 Å². The maximum Gasteiger partial charge on any atom is 0.573 e. The number of nitrogens with one attached hydrogen (secondary N) is 1. The van der Waals surface area contributed by atoms with Crippen molar-refractivity contribution < 1.29 is 17.9 Å². The molecule has 2 aliphatic carbocycles. The molecule has 3 atom stereocenters. The second kappa shape index (κ2) is 6.98. The Morgan fingerprint density at radius 1 is 1.15 bits per heavy atom. The molecular weight excluding hydrogens is 458 g/mol. The normalized spacial score (nSPS) is 23.5. The number of aliphatic imine (C=N–C) groups is 1. The first-order valence-electron chi connectivity index (χ1n) is 7.94. The van der Waals surface area contributed by atoms with Crippen molar-refractivity contribution >= 4 is 35.6 Å². The number of hydrogen-bond donors (Lipinski definition) is 2. The second-order valence-electron chi connectivity index (χ2n) is 6.30. The SMILES string of the molecule is I.NC(=NC1C2Cc3ccccc3C21)Nc1cccc(OC(F)(F)F)c1. The molecule has 3 N–H and O–H groups in total. The van der Waals surface area contributed by atoms with E-state index in [-0.39, 0.29) is 41.7 Å². The van der Waals surface area contributed by atoms with Crippen LogP contribution in [-0.4, -0.2) is 18.4 Å². The summed E-state index contributed by atoms with van der Waals surface area (Å²) < 4.78 is 40.7. The number of anilines is 1. The van der Waals surface area contributed by atoms with Gasteiger partial charge in [-0.2, -0.15) is 0 Å². The monoisotopic (exact) mass is 475 g/mol. The molecule has 1 saturated carbocycles. The molecule has 0 aromatic heterocycles. The molecule has 0 spiro atoms. The van der Waals surface area contributed by atoms with Crippen LogP contribution < -0.4 is 15.8 Å². The fourth-order valence-corrected chi connectivity index (χ4v) is 3.61. The number of nitrogens with zero attached hydrogens (tertiary/aromatic N) is 1. The quantitative estimate of drug-likeness (QED) is 0.396. The molecule has 4 nitrogen and oxygen atoms in total. The molecule has 4 rings (SSSR count). The lowest BCUT2D eigenvalue weighted by Crippen LogP contribution is -2.24. The summed E-state index contributed by atoms with van der Waals surface area (Å²) in [5, 5.41) is 2.83. The Morgan fingerprint density at radius 3 is 2.69 bits per heavy atom. The van der Waals surface area contributed by atoms with Crippen molar-refractivity contribution in [2.75, 3.05) is 5.32 Å². The van der Waals surface area contributed by atoms with Crippen LogP contribution in [0.4, 0.5) is 18.9 Å². The number of alkyl halides is 3. The highest BCUT2D eigenvalue weighted by molar-refractivity contribution is 14.0. The lowest BCUT2D eigenvalue weighted by atomic mass is 10.1. The van der Waals surface area contributed by atoms with E-state index >= 15 is 0 Å². The summed E-state index contributed by atoms with van der Waals surface area (Å²) in [5.74, 6) is 0.762. The number of benzene rings is 2. The number of hydrogen-bond acceptors (Lipinski definition) is 2. The molecule has 2 aromatic carbocycles. The third kappa shape index (κ3) is 3.89. The summed E-state index contributed by atoms with van der Waals surface area (Å²) in [4.78, 5) is 4.49. The maximum absolute atomic E-state index is 12.3. The number of nitrogens with two attached hydrogens (primary N) is 1. The molecule has 1 fully saturated rings. The summed E-state index contributed by atoms with van der Waals surface area (Å²) in [7, 11) is 0. The largest absolute Gasteiger partial charge is 0.573 e. The van der Waals surface area contributed by atoms with Crippen molar-refractivity contribution in [3.05, 3.63) is 59.7 Å². The highest BCUT2D eigenvalue weighted by Crippen LogP contribution is 2.58. The summed E-state index contributed by atoms with van der Waals surface area (Å²) in [6.45, 7) is 0. The first kappa shape index (κ1) is 18.8. The van der Waals surface area contributed by atoms with Crippen LogP contribution in [0.25, 0.3) is 0 Å². The summed E-state index contributed by atoms with van der Waals surface area (Å²) in [5.41, 5.74) is 9.02. The Balaban J connectivity index is 0.00000196.